The molecule has 160 valence electrons. The average Bonchev–Trinajstić information content (AvgIpc) is 3.02. The Balaban J connectivity index is 1.80. The number of allylic oxidation sites excluding steroid dienone is 4. The van der Waals surface area contributed by atoms with E-state index in [-0.39, 0.29) is 5.41 Å². The van der Waals surface area contributed by atoms with Crippen molar-refractivity contribution < 1.29 is 0 Å². The maximum atomic E-state index is 4.31. The summed E-state index contributed by atoms with van der Waals surface area (Å²) in [5, 5.41) is 0. The summed E-state index contributed by atoms with van der Waals surface area (Å²) in [6, 6.07) is 9.61. The second-order valence-corrected chi connectivity index (χ2v) is 10.6. The molecule has 0 aromatic heterocycles. The molecule has 5 atom stereocenters. The minimum absolute atomic E-state index is 0.0146. The number of hydrogen-bond acceptors (Lipinski definition) is 0. The van der Waals surface area contributed by atoms with Crippen LogP contribution in [-0.4, -0.2) is 0 Å². The van der Waals surface area contributed by atoms with Gasteiger partial charge in [-0.25, -0.2) is 0 Å². The Labute approximate surface area is 189 Å². The number of aryl methyl sites for hydroxylation is 6. The van der Waals surface area contributed by atoms with Crippen LogP contribution >= 0.6 is 0 Å². The van der Waals surface area contributed by atoms with Gasteiger partial charge >= 0.3 is 0 Å². The first-order chi connectivity index (χ1) is 14.8. The molecule has 2 aromatic carbocycles. The summed E-state index contributed by atoms with van der Waals surface area (Å²) in [4.78, 5) is 0. The van der Waals surface area contributed by atoms with Gasteiger partial charge in [-0.1, -0.05) is 66.1 Å². The van der Waals surface area contributed by atoms with Crippen LogP contribution in [0.15, 0.2) is 48.6 Å². The highest BCUT2D eigenvalue weighted by Crippen LogP contribution is 2.65. The van der Waals surface area contributed by atoms with Crippen molar-refractivity contribution in [2.24, 2.45) is 17.8 Å². The first-order valence-electron chi connectivity index (χ1n) is 12.1. The summed E-state index contributed by atoms with van der Waals surface area (Å²) in [5.74, 6) is 2.14. The van der Waals surface area contributed by atoms with E-state index in [2.05, 4.69) is 96.5 Å². The number of benzene rings is 2. The molecule has 0 saturated heterocycles. The molecule has 5 rings (SSSR count). The third-order valence-corrected chi connectivity index (χ3v) is 8.37. The molecule has 0 heterocycles. The van der Waals surface area contributed by atoms with E-state index in [1.165, 1.54) is 52.6 Å². The fourth-order valence-electron chi connectivity index (χ4n) is 7.77. The number of fused-ring (bicyclic) bond motifs is 3. The third-order valence-electron chi connectivity index (χ3n) is 8.37. The van der Waals surface area contributed by atoms with Crippen molar-refractivity contribution in [1.82, 2.24) is 0 Å². The van der Waals surface area contributed by atoms with Crippen molar-refractivity contribution in [2.75, 3.05) is 0 Å². The van der Waals surface area contributed by atoms with Crippen LogP contribution in [0, 0.1) is 65.7 Å². The van der Waals surface area contributed by atoms with E-state index in [4.69, 9.17) is 0 Å². The molecule has 0 aliphatic heterocycles. The maximum absolute atomic E-state index is 4.31. The molecule has 31 heavy (non-hydrogen) atoms. The SMILES string of the molecule is Cc1cc(C)c(C2CCCC3C4C=CC=CC4[C]C23c2c(C)cc(C)cc2C)c(C)c1. The smallest absolute Gasteiger partial charge is 0.0135 e. The molecule has 5 unspecified atom stereocenters. The second kappa shape index (κ2) is 7.51. The van der Waals surface area contributed by atoms with Gasteiger partial charge in [0.1, 0.15) is 0 Å². The lowest BCUT2D eigenvalue weighted by atomic mass is 9.53. The van der Waals surface area contributed by atoms with Gasteiger partial charge in [0.05, 0.1) is 0 Å². The summed E-state index contributed by atoms with van der Waals surface area (Å²) in [6.07, 6.45) is 17.6. The highest BCUT2D eigenvalue weighted by atomic mass is 14.6. The zero-order valence-electron chi connectivity index (χ0n) is 20.0. The van der Waals surface area contributed by atoms with Gasteiger partial charge in [-0.15, -0.1) is 0 Å². The van der Waals surface area contributed by atoms with Gasteiger partial charge in [-0.3, -0.25) is 0 Å². The molecule has 0 bridgehead atoms. The Morgan fingerprint density at radius 3 is 1.97 bits per heavy atom. The Hall–Kier alpha value is -2.08. The zero-order chi connectivity index (χ0) is 21.9. The van der Waals surface area contributed by atoms with Crippen molar-refractivity contribution in [3.8, 4) is 0 Å². The van der Waals surface area contributed by atoms with Crippen molar-refractivity contribution >= 4 is 0 Å². The zero-order valence-corrected chi connectivity index (χ0v) is 20.0. The predicted octanol–water partition coefficient (Wildman–Crippen LogP) is 7.81. The van der Waals surface area contributed by atoms with E-state index in [0.717, 1.165) is 0 Å². The van der Waals surface area contributed by atoms with Crippen LogP contribution in [0.5, 0.6) is 0 Å². The monoisotopic (exact) mass is 408 g/mol. The van der Waals surface area contributed by atoms with E-state index < -0.39 is 0 Å². The Morgan fingerprint density at radius 2 is 1.32 bits per heavy atom. The van der Waals surface area contributed by atoms with Gasteiger partial charge in [0.25, 0.3) is 0 Å². The summed E-state index contributed by atoms with van der Waals surface area (Å²) in [5.41, 5.74) is 11.7. The number of rotatable bonds is 2. The lowest BCUT2D eigenvalue weighted by Gasteiger charge is -2.50. The van der Waals surface area contributed by atoms with E-state index >= 15 is 0 Å². The third kappa shape index (κ3) is 3.09. The average molecular weight is 409 g/mol. The maximum Gasteiger partial charge on any atom is 0.0135 e. The van der Waals surface area contributed by atoms with Gasteiger partial charge < -0.3 is 0 Å². The second-order valence-electron chi connectivity index (χ2n) is 10.6. The summed E-state index contributed by atoms with van der Waals surface area (Å²) in [7, 11) is 0. The van der Waals surface area contributed by atoms with Crippen LogP contribution in [-0.2, 0) is 5.41 Å². The molecule has 2 radical (unpaired) electrons. The normalized spacial score (nSPS) is 31.5. The molecule has 2 aromatic rings. The molecule has 0 spiro atoms. The van der Waals surface area contributed by atoms with Crippen LogP contribution in [0.3, 0.4) is 0 Å². The van der Waals surface area contributed by atoms with Gasteiger partial charge in [-0.2, -0.15) is 0 Å². The molecule has 3 aliphatic rings. The molecular formula is C31H36. The van der Waals surface area contributed by atoms with Gasteiger partial charge in [0.15, 0.2) is 0 Å². The van der Waals surface area contributed by atoms with E-state index in [0.29, 0.717) is 23.7 Å². The van der Waals surface area contributed by atoms with Crippen LogP contribution in [0.2, 0.25) is 0 Å². The molecule has 2 saturated carbocycles. The van der Waals surface area contributed by atoms with E-state index in [9.17, 15) is 0 Å². The quantitative estimate of drug-likeness (QED) is 0.475. The van der Waals surface area contributed by atoms with Crippen LogP contribution in [0.25, 0.3) is 0 Å². The topological polar surface area (TPSA) is 0 Å². The fourth-order valence-corrected chi connectivity index (χ4v) is 7.77. The molecule has 3 aliphatic carbocycles. The standard InChI is InChI=1S/C31H36/c1-19-14-21(3)29(22(4)15-19)28-13-9-12-27-26-11-8-7-10-25(26)18-31(27,28)30-23(5)16-20(2)17-24(30)6/h7-8,10-11,14-17,25-28H,9,12-13H2,1-6H3. The first-order valence-corrected chi connectivity index (χ1v) is 12.1. The largest absolute Gasteiger partial charge is 0.0805 e. The molecule has 0 nitrogen and oxygen atoms in total. The highest BCUT2D eigenvalue weighted by Gasteiger charge is 2.59. The van der Waals surface area contributed by atoms with Crippen molar-refractivity contribution in [3.05, 3.63) is 99.5 Å². The summed E-state index contributed by atoms with van der Waals surface area (Å²) in [6.45, 7) is 13.8. The fraction of sp³-hybridized carbons (Fsp3) is 0.452. The van der Waals surface area contributed by atoms with Crippen LogP contribution < -0.4 is 0 Å². The van der Waals surface area contributed by atoms with Gasteiger partial charge in [0, 0.05) is 11.8 Å². The lowest BCUT2D eigenvalue weighted by Crippen LogP contribution is -2.44. The molecule has 0 N–H and O–H groups in total. The Morgan fingerprint density at radius 1 is 0.742 bits per heavy atom. The van der Waals surface area contributed by atoms with Crippen LogP contribution in [0.4, 0.5) is 0 Å². The van der Waals surface area contributed by atoms with Crippen molar-refractivity contribution in [3.63, 3.8) is 0 Å². The highest BCUT2D eigenvalue weighted by molar-refractivity contribution is 5.54. The van der Waals surface area contributed by atoms with Gasteiger partial charge in [-0.05, 0) is 111 Å². The lowest BCUT2D eigenvalue weighted by molar-refractivity contribution is 0.184. The minimum atomic E-state index is -0.0146. The van der Waals surface area contributed by atoms with E-state index in [1.54, 1.807) is 11.1 Å². The number of hydrogen-bond donors (Lipinski definition) is 0. The molecule has 2 fully saturated rings. The van der Waals surface area contributed by atoms with Crippen molar-refractivity contribution in [2.45, 2.75) is 72.1 Å². The predicted molar refractivity (Wildman–Crippen MR) is 132 cm³/mol. The Bertz CT molecular complexity index is 1040. The molecule has 0 amide bonds. The summed E-state index contributed by atoms with van der Waals surface area (Å²) < 4.78 is 0. The summed E-state index contributed by atoms with van der Waals surface area (Å²) >= 11 is 0. The Kier molecular flexibility index (Phi) is 5.04. The molecular weight excluding hydrogens is 372 g/mol. The molecule has 0 heteroatoms. The van der Waals surface area contributed by atoms with E-state index in [1.807, 2.05) is 0 Å². The first kappa shape index (κ1) is 20.8. The minimum Gasteiger partial charge on any atom is -0.0805 e. The van der Waals surface area contributed by atoms with Crippen LogP contribution in [0.1, 0.15) is 69.7 Å². The van der Waals surface area contributed by atoms with Crippen molar-refractivity contribution in [1.29, 1.82) is 0 Å². The van der Waals surface area contributed by atoms with Gasteiger partial charge in [0.2, 0.25) is 0 Å².